The molecule has 5 heteroatoms. The average Bonchev–Trinajstić information content (AvgIpc) is 2.37. The average molecular weight is 300 g/mol. The van der Waals surface area contributed by atoms with E-state index in [1.54, 1.807) is 7.11 Å². The first-order chi connectivity index (χ1) is 9.80. The first kappa shape index (κ1) is 18.2. The van der Waals surface area contributed by atoms with Gasteiger partial charge in [-0.1, -0.05) is 0 Å². The number of rotatable bonds is 6. The summed E-state index contributed by atoms with van der Waals surface area (Å²) in [4.78, 5) is 11.6. The highest BCUT2D eigenvalue weighted by Gasteiger charge is 2.21. The Balaban J connectivity index is 2.11. The Morgan fingerprint density at radius 3 is 2.38 bits per heavy atom. The zero-order valence-corrected chi connectivity index (χ0v) is 14.2. The highest BCUT2D eigenvalue weighted by atomic mass is 16.6. The second-order valence-corrected chi connectivity index (χ2v) is 7.00. The summed E-state index contributed by atoms with van der Waals surface area (Å²) in [5.74, 6) is 0. The maximum Gasteiger partial charge on any atom is 0.407 e. The second-order valence-electron chi connectivity index (χ2n) is 7.00. The van der Waals surface area contributed by atoms with E-state index in [1.807, 2.05) is 27.7 Å². The molecule has 0 bridgehead atoms. The molecule has 1 rings (SSSR count). The number of amides is 1. The minimum absolute atomic E-state index is 0.114. The number of carbonyl (C=O) groups is 1. The number of hydrogen-bond donors (Lipinski definition) is 2. The van der Waals surface area contributed by atoms with Crippen molar-refractivity contribution in [1.82, 2.24) is 10.6 Å². The molecular weight excluding hydrogens is 268 g/mol. The largest absolute Gasteiger partial charge is 0.444 e. The molecule has 1 atom stereocenters. The van der Waals surface area contributed by atoms with Crippen molar-refractivity contribution in [2.24, 2.45) is 0 Å². The number of ether oxygens (including phenoxy) is 2. The lowest BCUT2D eigenvalue weighted by Gasteiger charge is -2.28. The van der Waals surface area contributed by atoms with Crippen LogP contribution in [0.25, 0.3) is 0 Å². The Kier molecular flexibility index (Phi) is 7.46. The van der Waals surface area contributed by atoms with Crippen molar-refractivity contribution in [2.45, 2.75) is 83.6 Å². The summed E-state index contributed by atoms with van der Waals surface area (Å²) >= 11 is 0. The van der Waals surface area contributed by atoms with Crippen LogP contribution < -0.4 is 10.6 Å². The van der Waals surface area contributed by atoms with Gasteiger partial charge in [-0.15, -0.1) is 0 Å². The highest BCUT2D eigenvalue weighted by Crippen LogP contribution is 2.20. The lowest BCUT2D eigenvalue weighted by molar-refractivity contribution is 0.0504. The van der Waals surface area contributed by atoms with E-state index in [-0.39, 0.29) is 12.1 Å². The smallest absolute Gasteiger partial charge is 0.407 e. The minimum atomic E-state index is -0.442. The zero-order valence-electron chi connectivity index (χ0n) is 14.2. The molecule has 1 aliphatic carbocycles. The van der Waals surface area contributed by atoms with Crippen molar-refractivity contribution in [3.63, 3.8) is 0 Å². The van der Waals surface area contributed by atoms with Crippen LogP contribution in [0.2, 0.25) is 0 Å². The van der Waals surface area contributed by atoms with E-state index >= 15 is 0 Å². The Hall–Kier alpha value is -0.810. The van der Waals surface area contributed by atoms with Gasteiger partial charge in [0.15, 0.2) is 0 Å². The van der Waals surface area contributed by atoms with Gasteiger partial charge < -0.3 is 20.1 Å². The van der Waals surface area contributed by atoms with E-state index in [9.17, 15) is 4.79 Å². The fraction of sp³-hybridized carbons (Fsp3) is 0.938. The number of carbonyl (C=O) groups excluding carboxylic acids is 1. The molecule has 0 spiro atoms. The lowest BCUT2D eigenvalue weighted by atomic mass is 9.93. The third kappa shape index (κ3) is 8.27. The topological polar surface area (TPSA) is 59.6 Å². The molecule has 0 aromatic carbocycles. The van der Waals surface area contributed by atoms with Crippen molar-refractivity contribution in [2.75, 3.05) is 13.7 Å². The molecule has 1 fully saturated rings. The molecule has 124 valence electrons. The van der Waals surface area contributed by atoms with Gasteiger partial charge in [-0.05, 0) is 66.3 Å². The number of alkyl carbamates (subject to hydrolysis) is 1. The molecule has 0 radical (unpaired) electrons. The van der Waals surface area contributed by atoms with Crippen LogP contribution in [0.3, 0.4) is 0 Å². The summed E-state index contributed by atoms with van der Waals surface area (Å²) in [6, 6.07) is 0.702. The minimum Gasteiger partial charge on any atom is -0.444 e. The van der Waals surface area contributed by atoms with E-state index in [0.717, 1.165) is 25.8 Å². The SMILES string of the molecule is COC1CCC(NCCC(C)NC(=O)OC(C)(C)C)CC1. The Morgan fingerprint density at radius 2 is 1.86 bits per heavy atom. The van der Waals surface area contributed by atoms with Crippen molar-refractivity contribution in [3.05, 3.63) is 0 Å². The summed E-state index contributed by atoms with van der Waals surface area (Å²) in [5.41, 5.74) is -0.442. The molecule has 0 saturated heterocycles. The van der Waals surface area contributed by atoms with Crippen molar-refractivity contribution in [1.29, 1.82) is 0 Å². The lowest BCUT2D eigenvalue weighted by Crippen LogP contribution is -2.41. The molecule has 2 N–H and O–H groups in total. The van der Waals surface area contributed by atoms with Gasteiger partial charge in [0.1, 0.15) is 5.60 Å². The standard InChI is InChI=1S/C16H32N2O3/c1-12(18-15(19)21-16(2,3)4)10-11-17-13-6-8-14(20-5)9-7-13/h12-14,17H,6-11H2,1-5H3,(H,18,19). The maximum absolute atomic E-state index is 11.6. The molecule has 1 unspecified atom stereocenters. The monoisotopic (exact) mass is 300 g/mol. The van der Waals surface area contributed by atoms with Crippen LogP contribution in [0.4, 0.5) is 4.79 Å². The molecule has 1 aliphatic rings. The molecule has 1 amide bonds. The second kappa shape index (κ2) is 8.59. The number of methoxy groups -OCH3 is 1. The van der Waals surface area contributed by atoms with Crippen LogP contribution >= 0.6 is 0 Å². The van der Waals surface area contributed by atoms with Crippen LogP contribution in [-0.2, 0) is 9.47 Å². The molecule has 5 nitrogen and oxygen atoms in total. The van der Waals surface area contributed by atoms with E-state index < -0.39 is 5.60 Å². The number of nitrogens with one attached hydrogen (secondary N) is 2. The fourth-order valence-corrected chi connectivity index (χ4v) is 2.59. The van der Waals surface area contributed by atoms with Gasteiger partial charge in [0, 0.05) is 19.2 Å². The van der Waals surface area contributed by atoms with Gasteiger partial charge in [-0.3, -0.25) is 0 Å². The van der Waals surface area contributed by atoms with Crippen LogP contribution in [0, 0.1) is 0 Å². The zero-order chi connectivity index (χ0) is 15.9. The quantitative estimate of drug-likeness (QED) is 0.792. The summed E-state index contributed by atoms with van der Waals surface area (Å²) < 4.78 is 10.6. The molecule has 0 aliphatic heterocycles. The fourth-order valence-electron chi connectivity index (χ4n) is 2.59. The summed E-state index contributed by atoms with van der Waals surface area (Å²) in [7, 11) is 1.79. The third-order valence-electron chi connectivity index (χ3n) is 3.78. The first-order valence-corrected chi connectivity index (χ1v) is 8.06. The predicted molar refractivity (Wildman–Crippen MR) is 84.5 cm³/mol. The first-order valence-electron chi connectivity index (χ1n) is 8.06. The molecular formula is C16H32N2O3. The summed E-state index contributed by atoms with van der Waals surface area (Å²) in [5, 5.41) is 6.44. The van der Waals surface area contributed by atoms with E-state index in [1.165, 1.54) is 12.8 Å². The van der Waals surface area contributed by atoms with Gasteiger partial charge in [-0.2, -0.15) is 0 Å². The van der Waals surface area contributed by atoms with Gasteiger partial charge in [-0.25, -0.2) is 4.79 Å². The van der Waals surface area contributed by atoms with E-state index in [0.29, 0.717) is 12.1 Å². The summed E-state index contributed by atoms with van der Waals surface area (Å²) in [6.45, 7) is 8.53. The van der Waals surface area contributed by atoms with Gasteiger partial charge >= 0.3 is 6.09 Å². The Morgan fingerprint density at radius 1 is 1.24 bits per heavy atom. The van der Waals surface area contributed by atoms with Crippen molar-refractivity contribution in [3.8, 4) is 0 Å². The van der Waals surface area contributed by atoms with Crippen LogP contribution in [0.15, 0.2) is 0 Å². The van der Waals surface area contributed by atoms with Crippen molar-refractivity contribution >= 4 is 6.09 Å². The van der Waals surface area contributed by atoms with Crippen LogP contribution in [-0.4, -0.2) is 43.5 Å². The Labute approximate surface area is 129 Å². The third-order valence-corrected chi connectivity index (χ3v) is 3.78. The van der Waals surface area contributed by atoms with Crippen molar-refractivity contribution < 1.29 is 14.3 Å². The molecule has 21 heavy (non-hydrogen) atoms. The predicted octanol–water partition coefficient (Wildman–Crippen LogP) is 2.84. The van der Waals surface area contributed by atoms with Gasteiger partial charge in [0.25, 0.3) is 0 Å². The number of hydrogen-bond acceptors (Lipinski definition) is 4. The molecule has 0 aromatic heterocycles. The van der Waals surface area contributed by atoms with Crippen LogP contribution in [0.5, 0.6) is 0 Å². The van der Waals surface area contributed by atoms with Gasteiger partial charge in [0.05, 0.1) is 6.10 Å². The summed E-state index contributed by atoms with van der Waals surface area (Å²) in [6.07, 6.45) is 5.63. The normalized spacial score (nSPS) is 24.4. The molecule has 0 heterocycles. The van der Waals surface area contributed by atoms with Crippen LogP contribution in [0.1, 0.15) is 59.8 Å². The van der Waals surface area contributed by atoms with Gasteiger partial charge in [0.2, 0.25) is 0 Å². The highest BCUT2D eigenvalue weighted by molar-refractivity contribution is 5.67. The van der Waals surface area contributed by atoms with E-state index in [4.69, 9.17) is 9.47 Å². The molecule has 0 aromatic rings. The Bertz CT molecular complexity index is 307. The van der Waals surface area contributed by atoms with E-state index in [2.05, 4.69) is 10.6 Å². The molecule has 1 saturated carbocycles. The maximum atomic E-state index is 11.6.